The molecule has 0 spiro atoms. The molecule has 0 aliphatic rings. The molecule has 0 aliphatic carbocycles. The van der Waals surface area contributed by atoms with Crippen LogP contribution in [0.5, 0.6) is 0 Å². The third kappa shape index (κ3) is 9.68. The second-order valence-corrected chi connectivity index (χ2v) is 16.5. The third-order valence-corrected chi connectivity index (χ3v) is 12.1. The van der Waals surface area contributed by atoms with Crippen molar-refractivity contribution >= 4 is 80.2 Å². The van der Waals surface area contributed by atoms with Crippen LogP contribution in [0, 0.1) is 0 Å². The van der Waals surface area contributed by atoms with Crippen LogP contribution >= 0.6 is 23.2 Å². The van der Waals surface area contributed by atoms with Crippen molar-refractivity contribution in [2.24, 2.45) is 0 Å². The summed E-state index contributed by atoms with van der Waals surface area (Å²) < 4.78 is 9.74. The first-order valence-electron chi connectivity index (χ1n) is 22.1. The van der Waals surface area contributed by atoms with Gasteiger partial charge in [0, 0.05) is 69.5 Å². The number of anilines is 4. The van der Waals surface area contributed by atoms with E-state index in [2.05, 4.69) is 212 Å². The first kappa shape index (κ1) is 42.6. The minimum atomic E-state index is 0.758. The molecule has 8 rings (SSSR count). The lowest BCUT2D eigenvalue weighted by Gasteiger charge is -2.20. The van der Waals surface area contributed by atoms with Gasteiger partial charge in [-0.3, -0.25) is 0 Å². The normalized spacial score (nSPS) is 11.7. The molecule has 314 valence electrons. The summed E-state index contributed by atoms with van der Waals surface area (Å²) in [6.07, 6.45) is 15.9. The highest BCUT2D eigenvalue weighted by atomic mass is 35.5. The molecule has 0 N–H and O–H groups in total. The number of rotatable bonds is 19. The fraction of sp³-hybridized carbons (Fsp3) is 0.222. The summed E-state index contributed by atoms with van der Waals surface area (Å²) in [7, 11) is 0. The fourth-order valence-corrected chi connectivity index (χ4v) is 9.02. The number of imidazole rings is 2. The Kier molecular flexibility index (Phi) is 14.2. The minimum Gasteiger partial charge on any atom is -0.317 e. The average Bonchev–Trinajstić information content (AvgIpc) is 3.77. The first-order chi connectivity index (χ1) is 30.5. The predicted molar refractivity (Wildman–Crippen MR) is 261 cm³/mol. The van der Waals surface area contributed by atoms with E-state index in [1.54, 1.807) is 0 Å². The van der Waals surface area contributed by atoms with Gasteiger partial charge in [-0.15, -0.1) is 0 Å². The Morgan fingerprint density at radius 3 is 1.08 bits per heavy atom. The Morgan fingerprint density at radius 1 is 0.435 bits per heavy atom. The molecule has 62 heavy (non-hydrogen) atoms. The molecule has 0 atom stereocenters. The minimum absolute atomic E-state index is 0.758. The Balaban J connectivity index is 0.954. The molecule has 0 radical (unpaired) electrons. The van der Waals surface area contributed by atoms with E-state index in [1.807, 2.05) is 12.1 Å². The quantitative estimate of drug-likeness (QED) is 0.0597. The Hall–Kier alpha value is -6.08. The van der Waals surface area contributed by atoms with E-state index in [9.17, 15) is 0 Å². The van der Waals surface area contributed by atoms with Crippen molar-refractivity contribution in [1.29, 1.82) is 0 Å². The predicted octanol–water partition coefficient (Wildman–Crippen LogP) is 14.2. The number of hydrogen-bond acceptors (Lipinski definition) is 2. The number of aryl methyl sites for hydroxylation is 4. The van der Waals surface area contributed by atoms with Crippen molar-refractivity contribution in [3.8, 4) is 0 Å². The lowest BCUT2D eigenvalue weighted by molar-refractivity contribution is -0.674. The molecule has 8 aromatic rings. The number of unbranched alkanes of at least 4 members (excludes halogenated alkanes) is 5. The van der Waals surface area contributed by atoms with Gasteiger partial charge in [-0.05, 0) is 112 Å². The smallest absolute Gasteiger partial charge is 0.283 e. The van der Waals surface area contributed by atoms with Crippen molar-refractivity contribution in [2.75, 3.05) is 9.80 Å². The molecular formula is C54H56Cl2N6+2. The standard InChI is InChI=1S/C54H56Cl2N6/c1-3-57-51-41-43(55)31-33-49(51)61(53(57)35-39-59(45-23-13-9-14-24-45)46-25-15-10-16-26-46)37-21-7-5-6-8-22-38-62-50-34-32-44(56)42-52(50)58(4-2)54(62)36-40-60(47-27-17-11-18-28-47)48-29-19-12-20-30-48/h9-20,23-36,39-42H,3-8,21-22,37-38H2,1-2H3/q+2. The van der Waals surface area contributed by atoms with Gasteiger partial charge >= 0.3 is 0 Å². The van der Waals surface area contributed by atoms with Crippen LogP contribution in [0.15, 0.2) is 170 Å². The van der Waals surface area contributed by atoms with Gasteiger partial charge in [-0.2, -0.15) is 0 Å². The maximum absolute atomic E-state index is 6.59. The maximum Gasteiger partial charge on any atom is 0.283 e. The molecule has 8 heteroatoms. The summed E-state index contributed by atoms with van der Waals surface area (Å²) in [6, 6.07) is 54.8. The molecule has 0 saturated heterocycles. The first-order valence-corrected chi connectivity index (χ1v) is 22.9. The number of para-hydroxylation sites is 4. The summed E-state index contributed by atoms with van der Waals surface area (Å²) in [6.45, 7) is 8.00. The second-order valence-electron chi connectivity index (χ2n) is 15.6. The lowest BCUT2D eigenvalue weighted by atomic mass is 10.1. The molecule has 0 unspecified atom stereocenters. The van der Waals surface area contributed by atoms with Crippen molar-refractivity contribution in [3.05, 3.63) is 192 Å². The van der Waals surface area contributed by atoms with Gasteiger partial charge in [0.1, 0.15) is 0 Å². The summed E-state index contributed by atoms with van der Waals surface area (Å²) >= 11 is 13.2. The van der Waals surface area contributed by atoms with Crippen LogP contribution in [-0.2, 0) is 26.2 Å². The maximum atomic E-state index is 6.59. The zero-order valence-corrected chi connectivity index (χ0v) is 37.3. The number of halogens is 2. The molecule has 6 nitrogen and oxygen atoms in total. The summed E-state index contributed by atoms with van der Waals surface area (Å²) in [5.74, 6) is 2.35. The monoisotopic (exact) mass is 858 g/mol. The van der Waals surface area contributed by atoms with E-state index in [-0.39, 0.29) is 0 Å². The highest BCUT2D eigenvalue weighted by Gasteiger charge is 2.25. The van der Waals surface area contributed by atoms with Crippen LogP contribution in [-0.4, -0.2) is 9.13 Å². The van der Waals surface area contributed by atoms with Crippen molar-refractivity contribution in [2.45, 2.75) is 78.6 Å². The topological polar surface area (TPSA) is 24.1 Å². The Morgan fingerprint density at radius 2 is 0.758 bits per heavy atom. The van der Waals surface area contributed by atoms with Crippen molar-refractivity contribution in [1.82, 2.24) is 9.13 Å². The van der Waals surface area contributed by atoms with E-state index in [1.165, 1.54) is 48.4 Å². The second kappa shape index (κ2) is 20.7. The van der Waals surface area contributed by atoms with Gasteiger partial charge < -0.3 is 9.80 Å². The van der Waals surface area contributed by atoms with Crippen LogP contribution in [0.3, 0.4) is 0 Å². The number of nitrogens with zero attached hydrogens (tertiary/aromatic N) is 6. The van der Waals surface area contributed by atoms with E-state index in [0.717, 1.165) is 82.8 Å². The molecule has 2 heterocycles. The van der Waals surface area contributed by atoms with Crippen LogP contribution < -0.4 is 18.9 Å². The lowest BCUT2D eigenvalue weighted by Crippen LogP contribution is -2.37. The molecule has 0 amide bonds. The number of benzene rings is 6. The van der Waals surface area contributed by atoms with Gasteiger partial charge in [0.15, 0.2) is 22.1 Å². The van der Waals surface area contributed by atoms with E-state index < -0.39 is 0 Å². The van der Waals surface area contributed by atoms with Crippen LogP contribution in [0.25, 0.3) is 34.2 Å². The van der Waals surface area contributed by atoms with Gasteiger partial charge in [0.2, 0.25) is 0 Å². The van der Waals surface area contributed by atoms with Gasteiger partial charge in [-0.1, -0.05) is 109 Å². The zero-order chi connectivity index (χ0) is 42.7. The molecule has 0 bridgehead atoms. The van der Waals surface area contributed by atoms with E-state index >= 15 is 0 Å². The molecule has 0 aliphatic heterocycles. The van der Waals surface area contributed by atoms with Crippen LogP contribution in [0.2, 0.25) is 10.0 Å². The largest absolute Gasteiger partial charge is 0.317 e. The molecule has 6 aromatic carbocycles. The van der Waals surface area contributed by atoms with E-state index in [0.29, 0.717) is 0 Å². The fourth-order valence-electron chi connectivity index (χ4n) is 8.69. The number of fused-ring (bicyclic) bond motifs is 2. The zero-order valence-electron chi connectivity index (χ0n) is 35.8. The summed E-state index contributed by atoms with van der Waals surface area (Å²) in [5.41, 5.74) is 9.23. The summed E-state index contributed by atoms with van der Waals surface area (Å²) in [5, 5.41) is 1.52. The molecule has 0 saturated carbocycles. The Bertz CT molecular complexity index is 2470. The highest BCUT2D eigenvalue weighted by molar-refractivity contribution is 6.31. The van der Waals surface area contributed by atoms with Crippen molar-refractivity contribution in [3.63, 3.8) is 0 Å². The average molecular weight is 860 g/mol. The van der Waals surface area contributed by atoms with Gasteiger partial charge in [0.25, 0.3) is 11.6 Å². The molecule has 0 fully saturated rings. The molecule has 2 aromatic heterocycles. The van der Waals surface area contributed by atoms with Gasteiger partial charge in [0.05, 0.1) is 26.2 Å². The summed E-state index contributed by atoms with van der Waals surface area (Å²) in [4.78, 5) is 4.51. The number of aromatic nitrogens is 4. The van der Waals surface area contributed by atoms with Crippen molar-refractivity contribution < 1.29 is 9.13 Å². The Labute approximate surface area is 376 Å². The molecular weight excluding hydrogens is 804 g/mol. The van der Waals surface area contributed by atoms with Gasteiger partial charge in [-0.25, -0.2) is 18.3 Å². The highest BCUT2D eigenvalue weighted by Crippen LogP contribution is 2.29. The SMILES string of the molecule is CCn1c(C=CN(c2ccccc2)c2ccccc2)[n+](CCCCCCCC[n+]2c(C=CN(c3ccccc3)c3ccccc3)n(CC)c3cc(Cl)ccc32)c2ccc(Cl)cc21. The third-order valence-electron chi connectivity index (χ3n) is 11.7. The van der Waals surface area contributed by atoms with Crippen LogP contribution in [0.4, 0.5) is 22.7 Å². The van der Waals surface area contributed by atoms with Crippen LogP contribution in [0.1, 0.15) is 64.0 Å². The van der Waals surface area contributed by atoms with E-state index in [4.69, 9.17) is 23.2 Å². The number of hydrogen-bond donors (Lipinski definition) is 0.